The maximum absolute atomic E-state index is 3.87. The third-order valence-corrected chi connectivity index (χ3v) is 5.21. The van der Waals surface area contributed by atoms with Gasteiger partial charge in [0.1, 0.15) is 0 Å². The molecule has 112 valence electrons. The molecule has 1 aliphatic carbocycles. The van der Waals surface area contributed by atoms with Gasteiger partial charge in [-0.3, -0.25) is 4.90 Å². The summed E-state index contributed by atoms with van der Waals surface area (Å²) in [5.41, 5.74) is 0. The van der Waals surface area contributed by atoms with Crippen LogP contribution in [-0.4, -0.2) is 36.1 Å². The van der Waals surface area contributed by atoms with E-state index in [4.69, 9.17) is 0 Å². The first kappa shape index (κ1) is 15.3. The van der Waals surface area contributed by atoms with E-state index in [2.05, 4.69) is 24.1 Å². The molecule has 0 radical (unpaired) electrons. The third-order valence-electron chi connectivity index (χ3n) is 5.21. The van der Waals surface area contributed by atoms with E-state index in [-0.39, 0.29) is 0 Å². The van der Waals surface area contributed by atoms with Gasteiger partial charge >= 0.3 is 0 Å². The number of hydrogen-bond donors (Lipinski definition) is 1. The number of likely N-dealkylation sites (tertiary alicyclic amines) is 1. The lowest BCUT2D eigenvalue weighted by atomic mass is 9.90. The maximum Gasteiger partial charge on any atom is 0.0252 e. The first-order valence-corrected chi connectivity index (χ1v) is 8.86. The summed E-state index contributed by atoms with van der Waals surface area (Å²) < 4.78 is 0. The molecule has 2 aliphatic rings. The van der Waals surface area contributed by atoms with Gasteiger partial charge in [-0.2, -0.15) is 0 Å². The Hall–Kier alpha value is -0.0800. The average Bonchev–Trinajstić information content (AvgIpc) is 2.86. The van der Waals surface area contributed by atoms with Crippen molar-refractivity contribution in [3.05, 3.63) is 0 Å². The van der Waals surface area contributed by atoms with Crippen molar-refractivity contribution in [3.63, 3.8) is 0 Å². The fraction of sp³-hybridized carbons (Fsp3) is 1.00. The summed E-state index contributed by atoms with van der Waals surface area (Å²) in [6.45, 7) is 7.22. The average molecular weight is 266 g/mol. The topological polar surface area (TPSA) is 15.3 Å². The highest BCUT2D eigenvalue weighted by atomic mass is 15.2. The standard InChI is InChI=1S/C17H34N2/c1-3-13-18-16-11-7-5-6-8-12-17(16)19-14-9-10-15(19)4-2/h15-18H,3-14H2,1-2H3. The van der Waals surface area contributed by atoms with Crippen LogP contribution < -0.4 is 5.32 Å². The van der Waals surface area contributed by atoms with Gasteiger partial charge < -0.3 is 5.32 Å². The molecule has 1 N–H and O–H groups in total. The largest absolute Gasteiger partial charge is 0.312 e. The van der Waals surface area contributed by atoms with E-state index in [1.54, 1.807) is 0 Å². The van der Waals surface area contributed by atoms with Crippen molar-refractivity contribution in [3.8, 4) is 0 Å². The monoisotopic (exact) mass is 266 g/mol. The van der Waals surface area contributed by atoms with E-state index in [1.165, 1.54) is 77.3 Å². The van der Waals surface area contributed by atoms with Crippen LogP contribution in [0.1, 0.15) is 78.1 Å². The van der Waals surface area contributed by atoms with Crippen LogP contribution >= 0.6 is 0 Å². The van der Waals surface area contributed by atoms with Crippen molar-refractivity contribution >= 4 is 0 Å². The molecule has 1 saturated heterocycles. The molecule has 0 aromatic rings. The fourth-order valence-electron chi connectivity index (χ4n) is 4.16. The van der Waals surface area contributed by atoms with Gasteiger partial charge in [0.2, 0.25) is 0 Å². The van der Waals surface area contributed by atoms with Gasteiger partial charge in [0.05, 0.1) is 0 Å². The first-order chi connectivity index (χ1) is 9.36. The minimum Gasteiger partial charge on any atom is -0.312 e. The Labute approximate surface area is 120 Å². The molecule has 2 heteroatoms. The number of rotatable bonds is 5. The molecule has 1 aliphatic heterocycles. The van der Waals surface area contributed by atoms with Crippen molar-refractivity contribution in [2.75, 3.05) is 13.1 Å². The van der Waals surface area contributed by atoms with E-state index < -0.39 is 0 Å². The second-order valence-electron chi connectivity index (χ2n) is 6.56. The number of nitrogens with zero attached hydrogens (tertiary/aromatic N) is 1. The Bertz CT molecular complexity index is 239. The molecule has 2 nitrogen and oxygen atoms in total. The van der Waals surface area contributed by atoms with Crippen molar-refractivity contribution in [2.45, 2.75) is 96.2 Å². The molecule has 2 fully saturated rings. The van der Waals surface area contributed by atoms with E-state index in [0.29, 0.717) is 0 Å². The zero-order valence-electron chi connectivity index (χ0n) is 13.2. The minimum absolute atomic E-state index is 0.757. The van der Waals surface area contributed by atoms with Crippen LogP contribution in [0.15, 0.2) is 0 Å². The van der Waals surface area contributed by atoms with Crippen LogP contribution in [0.2, 0.25) is 0 Å². The van der Waals surface area contributed by atoms with Gasteiger partial charge in [0.15, 0.2) is 0 Å². The Morgan fingerprint density at radius 2 is 1.74 bits per heavy atom. The highest BCUT2D eigenvalue weighted by molar-refractivity contribution is 4.91. The molecule has 3 unspecified atom stereocenters. The fourth-order valence-corrected chi connectivity index (χ4v) is 4.16. The minimum atomic E-state index is 0.757. The molecule has 0 bridgehead atoms. The molecular weight excluding hydrogens is 232 g/mol. The Morgan fingerprint density at radius 1 is 0.947 bits per heavy atom. The van der Waals surface area contributed by atoms with Crippen molar-refractivity contribution in [1.29, 1.82) is 0 Å². The van der Waals surface area contributed by atoms with Crippen LogP contribution in [0.25, 0.3) is 0 Å². The lowest BCUT2D eigenvalue weighted by Crippen LogP contribution is -2.52. The third kappa shape index (κ3) is 4.19. The molecule has 1 saturated carbocycles. The molecule has 1 heterocycles. The van der Waals surface area contributed by atoms with Gasteiger partial charge in [0.25, 0.3) is 0 Å². The van der Waals surface area contributed by atoms with Gasteiger partial charge in [-0.1, -0.05) is 39.5 Å². The summed E-state index contributed by atoms with van der Waals surface area (Å²) in [7, 11) is 0. The lowest BCUT2D eigenvalue weighted by molar-refractivity contribution is 0.118. The summed E-state index contributed by atoms with van der Waals surface area (Å²) in [6.07, 6.45) is 14.1. The van der Waals surface area contributed by atoms with Crippen LogP contribution in [0.4, 0.5) is 0 Å². The maximum atomic E-state index is 3.87. The summed E-state index contributed by atoms with van der Waals surface area (Å²) >= 11 is 0. The molecule has 0 aromatic carbocycles. The zero-order valence-corrected chi connectivity index (χ0v) is 13.2. The van der Waals surface area contributed by atoms with Crippen molar-refractivity contribution in [2.24, 2.45) is 0 Å². The van der Waals surface area contributed by atoms with Crippen molar-refractivity contribution in [1.82, 2.24) is 10.2 Å². The SMILES string of the molecule is CCCNC1CCCCCCC1N1CCCC1CC. The second-order valence-corrected chi connectivity index (χ2v) is 6.56. The Balaban J connectivity index is 2.01. The highest BCUT2D eigenvalue weighted by Crippen LogP contribution is 2.29. The Kier molecular flexibility index (Phi) is 6.66. The van der Waals surface area contributed by atoms with E-state index in [9.17, 15) is 0 Å². The molecule has 0 spiro atoms. The normalized spacial score (nSPS) is 34.1. The Morgan fingerprint density at radius 3 is 2.47 bits per heavy atom. The van der Waals surface area contributed by atoms with E-state index in [1.807, 2.05) is 0 Å². The van der Waals surface area contributed by atoms with Gasteiger partial charge in [-0.05, 0) is 51.6 Å². The number of hydrogen-bond acceptors (Lipinski definition) is 2. The van der Waals surface area contributed by atoms with E-state index >= 15 is 0 Å². The second kappa shape index (κ2) is 8.26. The summed E-state index contributed by atoms with van der Waals surface area (Å²) in [4.78, 5) is 2.87. The predicted molar refractivity (Wildman–Crippen MR) is 83.6 cm³/mol. The molecule has 3 atom stereocenters. The summed E-state index contributed by atoms with van der Waals surface area (Å²) in [6, 6.07) is 2.45. The van der Waals surface area contributed by atoms with Gasteiger partial charge in [0, 0.05) is 18.1 Å². The van der Waals surface area contributed by atoms with Gasteiger partial charge in [-0.15, -0.1) is 0 Å². The molecule has 0 amide bonds. The summed E-state index contributed by atoms with van der Waals surface area (Å²) in [5, 5.41) is 3.87. The molecule has 0 aromatic heterocycles. The molecule has 19 heavy (non-hydrogen) atoms. The number of nitrogens with one attached hydrogen (secondary N) is 1. The first-order valence-electron chi connectivity index (χ1n) is 8.86. The van der Waals surface area contributed by atoms with Crippen LogP contribution in [-0.2, 0) is 0 Å². The van der Waals surface area contributed by atoms with Crippen LogP contribution in [0.3, 0.4) is 0 Å². The van der Waals surface area contributed by atoms with Crippen LogP contribution in [0.5, 0.6) is 0 Å². The smallest absolute Gasteiger partial charge is 0.0252 e. The lowest BCUT2D eigenvalue weighted by Gasteiger charge is -2.40. The van der Waals surface area contributed by atoms with Gasteiger partial charge in [-0.25, -0.2) is 0 Å². The van der Waals surface area contributed by atoms with Crippen molar-refractivity contribution < 1.29 is 0 Å². The summed E-state index contributed by atoms with van der Waals surface area (Å²) in [5.74, 6) is 0. The quantitative estimate of drug-likeness (QED) is 0.810. The van der Waals surface area contributed by atoms with E-state index in [0.717, 1.165) is 18.1 Å². The molecular formula is C17H34N2. The van der Waals surface area contributed by atoms with Crippen LogP contribution in [0, 0.1) is 0 Å². The predicted octanol–water partition coefficient (Wildman–Crippen LogP) is 3.95. The zero-order chi connectivity index (χ0) is 13.5. The molecule has 2 rings (SSSR count). The highest BCUT2D eigenvalue weighted by Gasteiger charge is 2.34.